The molecule has 0 unspecified atom stereocenters. The van der Waals surface area contributed by atoms with E-state index in [4.69, 9.17) is 9.47 Å². The van der Waals surface area contributed by atoms with E-state index in [9.17, 15) is 9.18 Å². The zero-order valence-electron chi connectivity index (χ0n) is 13.8. The largest absolute Gasteiger partial charge is 0.493 e. The fraction of sp³-hybridized carbons (Fsp3) is 0.316. The highest BCUT2D eigenvalue weighted by molar-refractivity contribution is 5.80. The number of ether oxygens (including phenoxy) is 2. The van der Waals surface area contributed by atoms with Gasteiger partial charge in [-0.25, -0.2) is 4.39 Å². The Labute approximate surface area is 140 Å². The average molecular weight is 329 g/mol. The average Bonchev–Trinajstić information content (AvgIpc) is 3.36. The van der Waals surface area contributed by atoms with Gasteiger partial charge in [0.1, 0.15) is 5.82 Å². The lowest BCUT2D eigenvalue weighted by Gasteiger charge is -2.19. The van der Waals surface area contributed by atoms with Crippen LogP contribution in [0.15, 0.2) is 42.5 Å². The third-order valence-electron chi connectivity index (χ3n) is 4.34. The Morgan fingerprint density at radius 1 is 1.08 bits per heavy atom. The molecule has 2 aromatic rings. The smallest absolute Gasteiger partial charge is 0.225 e. The van der Waals surface area contributed by atoms with Crippen LogP contribution in [0.2, 0.25) is 0 Å². The van der Waals surface area contributed by atoms with Crippen LogP contribution in [0.4, 0.5) is 4.39 Å². The summed E-state index contributed by atoms with van der Waals surface area (Å²) in [5, 5.41) is 3.11. The van der Waals surface area contributed by atoms with Crippen LogP contribution in [0.3, 0.4) is 0 Å². The van der Waals surface area contributed by atoms with Crippen molar-refractivity contribution in [2.45, 2.75) is 24.8 Å². The Bertz CT molecular complexity index is 739. The highest BCUT2D eigenvalue weighted by Crippen LogP contribution is 2.47. The molecule has 0 atom stereocenters. The highest BCUT2D eigenvalue weighted by atomic mass is 19.1. The maximum atomic E-state index is 12.9. The van der Waals surface area contributed by atoms with Crippen LogP contribution in [0.25, 0.3) is 0 Å². The van der Waals surface area contributed by atoms with E-state index in [-0.39, 0.29) is 23.7 Å². The first kappa shape index (κ1) is 16.3. The lowest BCUT2D eigenvalue weighted by molar-refractivity contribution is -0.121. The van der Waals surface area contributed by atoms with Gasteiger partial charge < -0.3 is 14.8 Å². The van der Waals surface area contributed by atoms with E-state index in [0.29, 0.717) is 11.5 Å². The second-order valence-corrected chi connectivity index (χ2v) is 6.00. The zero-order valence-corrected chi connectivity index (χ0v) is 13.8. The molecule has 0 aromatic heterocycles. The number of hydrogen-bond donors (Lipinski definition) is 1. The zero-order chi connectivity index (χ0) is 17.2. The number of hydrogen-bond acceptors (Lipinski definition) is 3. The predicted octanol–water partition coefficient (Wildman–Crippen LogP) is 3.19. The Kier molecular flexibility index (Phi) is 4.42. The number of methoxy groups -OCH3 is 2. The van der Waals surface area contributed by atoms with E-state index in [1.165, 1.54) is 12.1 Å². The predicted molar refractivity (Wildman–Crippen MR) is 88.7 cm³/mol. The van der Waals surface area contributed by atoms with Crippen molar-refractivity contribution in [2.24, 2.45) is 0 Å². The van der Waals surface area contributed by atoms with Gasteiger partial charge in [0.2, 0.25) is 5.91 Å². The molecule has 1 amide bonds. The molecule has 126 valence electrons. The number of halogens is 1. The van der Waals surface area contributed by atoms with Crippen molar-refractivity contribution >= 4 is 5.91 Å². The van der Waals surface area contributed by atoms with Crippen molar-refractivity contribution in [1.29, 1.82) is 0 Å². The van der Waals surface area contributed by atoms with Crippen molar-refractivity contribution < 1.29 is 18.7 Å². The summed E-state index contributed by atoms with van der Waals surface area (Å²) < 4.78 is 23.5. The summed E-state index contributed by atoms with van der Waals surface area (Å²) in [6.07, 6.45) is 2.00. The van der Waals surface area contributed by atoms with Gasteiger partial charge >= 0.3 is 0 Å². The molecule has 1 saturated carbocycles. The number of carbonyl (C=O) groups is 1. The molecular formula is C19H20FNO3. The number of amides is 1. The highest BCUT2D eigenvalue weighted by Gasteiger charge is 2.45. The van der Waals surface area contributed by atoms with Crippen LogP contribution in [-0.2, 0) is 16.8 Å². The molecule has 2 aromatic carbocycles. The van der Waals surface area contributed by atoms with Gasteiger partial charge in [-0.2, -0.15) is 0 Å². The molecule has 0 radical (unpaired) electrons. The second-order valence-electron chi connectivity index (χ2n) is 6.00. The van der Waals surface area contributed by atoms with Crippen LogP contribution in [0.5, 0.6) is 11.5 Å². The van der Waals surface area contributed by atoms with E-state index in [2.05, 4.69) is 5.32 Å². The van der Waals surface area contributed by atoms with Crippen molar-refractivity contribution in [3.05, 3.63) is 59.4 Å². The molecular weight excluding hydrogens is 309 g/mol. The van der Waals surface area contributed by atoms with Crippen molar-refractivity contribution in [2.75, 3.05) is 14.2 Å². The van der Waals surface area contributed by atoms with Crippen LogP contribution in [-0.4, -0.2) is 20.1 Å². The summed E-state index contributed by atoms with van der Waals surface area (Å²) in [5.41, 5.74) is 1.46. The van der Waals surface area contributed by atoms with E-state index in [0.717, 1.165) is 24.0 Å². The first-order chi connectivity index (χ1) is 11.6. The summed E-state index contributed by atoms with van der Waals surface area (Å²) in [4.78, 5) is 12.3. The molecule has 1 aliphatic carbocycles. The summed E-state index contributed by atoms with van der Waals surface area (Å²) in [7, 11) is 3.18. The molecule has 0 spiro atoms. The molecule has 3 rings (SSSR count). The lowest BCUT2D eigenvalue weighted by atomic mass is 10.0. The minimum atomic E-state index is -0.337. The van der Waals surface area contributed by atoms with Crippen LogP contribution >= 0.6 is 0 Å². The topological polar surface area (TPSA) is 47.6 Å². The van der Waals surface area contributed by atoms with Gasteiger partial charge in [-0.1, -0.05) is 18.2 Å². The molecule has 24 heavy (non-hydrogen) atoms. The third-order valence-corrected chi connectivity index (χ3v) is 4.34. The van der Waals surface area contributed by atoms with E-state index in [1.54, 1.807) is 26.4 Å². The monoisotopic (exact) mass is 329 g/mol. The molecule has 1 aliphatic rings. The normalized spacial score (nSPS) is 14.8. The van der Waals surface area contributed by atoms with Gasteiger partial charge in [-0.15, -0.1) is 0 Å². The number of nitrogens with one attached hydrogen (secondary N) is 1. The Morgan fingerprint density at radius 3 is 2.33 bits per heavy atom. The van der Waals surface area contributed by atoms with Gasteiger partial charge in [-0.05, 0) is 48.2 Å². The second kappa shape index (κ2) is 6.51. The number of rotatable bonds is 6. The van der Waals surface area contributed by atoms with Crippen molar-refractivity contribution in [3.8, 4) is 11.5 Å². The standard InChI is InChI=1S/C19H20FNO3/c1-23-16-8-5-14(12-17(16)24-2)19(9-10-19)21-18(22)11-13-3-6-15(20)7-4-13/h3-8,12H,9-11H2,1-2H3,(H,21,22). The Balaban J connectivity index is 1.72. The van der Waals surface area contributed by atoms with Gasteiger partial charge in [0, 0.05) is 0 Å². The lowest BCUT2D eigenvalue weighted by Crippen LogP contribution is -2.35. The van der Waals surface area contributed by atoms with Gasteiger partial charge in [0.15, 0.2) is 11.5 Å². The Morgan fingerprint density at radius 2 is 1.75 bits per heavy atom. The van der Waals surface area contributed by atoms with E-state index < -0.39 is 0 Å². The van der Waals surface area contributed by atoms with Gasteiger partial charge in [0.25, 0.3) is 0 Å². The molecule has 0 bridgehead atoms. The maximum Gasteiger partial charge on any atom is 0.225 e. The van der Waals surface area contributed by atoms with Gasteiger partial charge in [-0.3, -0.25) is 4.79 Å². The third kappa shape index (κ3) is 3.35. The van der Waals surface area contributed by atoms with Crippen LogP contribution in [0.1, 0.15) is 24.0 Å². The first-order valence-electron chi connectivity index (χ1n) is 7.84. The van der Waals surface area contributed by atoms with Crippen LogP contribution < -0.4 is 14.8 Å². The minimum Gasteiger partial charge on any atom is -0.493 e. The molecule has 5 heteroatoms. The summed E-state index contributed by atoms with van der Waals surface area (Å²) in [6.45, 7) is 0. The van der Waals surface area contributed by atoms with E-state index in [1.807, 2.05) is 18.2 Å². The number of benzene rings is 2. The van der Waals surface area contributed by atoms with Gasteiger partial charge in [0.05, 0.1) is 26.2 Å². The quantitative estimate of drug-likeness (QED) is 0.885. The fourth-order valence-electron chi connectivity index (χ4n) is 2.84. The Hall–Kier alpha value is -2.56. The SMILES string of the molecule is COc1ccc(C2(NC(=O)Cc3ccc(F)cc3)CC2)cc1OC. The fourth-order valence-corrected chi connectivity index (χ4v) is 2.84. The molecule has 0 aliphatic heterocycles. The van der Waals surface area contributed by atoms with Crippen molar-refractivity contribution in [1.82, 2.24) is 5.32 Å². The first-order valence-corrected chi connectivity index (χ1v) is 7.84. The summed E-state index contributed by atoms with van der Waals surface area (Å²) in [5.74, 6) is 0.931. The van der Waals surface area contributed by atoms with E-state index >= 15 is 0 Å². The molecule has 4 nitrogen and oxygen atoms in total. The maximum absolute atomic E-state index is 12.9. The van der Waals surface area contributed by atoms with Crippen molar-refractivity contribution in [3.63, 3.8) is 0 Å². The number of carbonyl (C=O) groups excluding carboxylic acids is 1. The minimum absolute atomic E-state index is 0.0751. The molecule has 0 heterocycles. The summed E-state index contributed by atoms with van der Waals surface area (Å²) >= 11 is 0. The molecule has 1 fully saturated rings. The summed E-state index contributed by atoms with van der Waals surface area (Å²) in [6, 6.07) is 11.7. The van der Waals surface area contributed by atoms with Crippen LogP contribution in [0, 0.1) is 5.82 Å². The molecule has 0 saturated heterocycles. The molecule has 1 N–H and O–H groups in total.